The number of aromatic carboxylic acids is 1. The highest BCUT2D eigenvalue weighted by molar-refractivity contribution is 5.90. The van der Waals surface area contributed by atoms with Gasteiger partial charge in [0.2, 0.25) is 5.91 Å². The Morgan fingerprint density at radius 3 is 2.61 bits per heavy atom. The number of halogens is 1. The number of amides is 1. The lowest BCUT2D eigenvalue weighted by Gasteiger charge is -2.12. The summed E-state index contributed by atoms with van der Waals surface area (Å²) < 4.78 is 18.5. The number of hydrogen-bond donors (Lipinski definition) is 1. The SMILES string of the molecule is CN(C)C(=O)CCOc1c(F)cccc1C(=O)O. The molecule has 0 unspecified atom stereocenters. The van der Waals surface area contributed by atoms with Gasteiger partial charge in [0.1, 0.15) is 5.56 Å². The van der Waals surface area contributed by atoms with E-state index < -0.39 is 11.8 Å². The van der Waals surface area contributed by atoms with E-state index in [1.165, 1.54) is 17.0 Å². The van der Waals surface area contributed by atoms with Crippen molar-refractivity contribution in [3.63, 3.8) is 0 Å². The van der Waals surface area contributed by atoms with Crippen molar-refractivity contribution in [3.05, 3.63) is 29.6 Å². The van der Waals surface area contributed by atoms with Crippen LogP contribution in [0.2, 0.25) is 0 Å². The van der Waals surface area contributed by atoms with Crippen molar-refractivity contribution in [2.45, 2.75) is 6.42 Å². The first kappa shape index (κ1) is 14.0. The molecule has 1 rings (SSSR count). The van der Waals surface area contributed by atoms with E-state index in [0.29, 0.717) is 0 Å². The smallest absolute Gasteiger partial charge is 0.339 e. The molecule has 0 atom stereocenters. The summed E-state index contributed by atoms with van der Waals surface area (Å²) in [4.78, 5) is 23.5. The fourth-order valence-corrected chi connectivity index (χ4v) is 1.29. The van der Waals surface area contributed by atoms with E-state index in [1.807, 2.05) is 0 Å². The predicted molar refractivity (Wildman–Crippen MR) is 62.2 cm³/mol. The second-order valence-corrected chi connectivity index (χ2v) is 3.81. The maximum atomic E-state index is 13.4. The minimum atomic E-state index is -1.27. The maximum absolute atomic E-state index is 13.4. The maximum Gasteiger partial charge on any atom is 0.339 e. The van der Waals surface area contributed by atoms with Crippen molar-refractivity contribution >= 4 is 11.9 Å². The van der Waals surface area contributed by atoms with E-state index in [0.717, 1.165) is 6.07 Å². The summed E-state index contributed by atoms with van der Waals surface area (Å²) in [6.45, 7) is -0.0712. The largest absolute Gasteiger partial charge is 0.489 e. The van der Waals surface area contributed by atoms with Gasteiger partial charge in [0.05, 0.1) is 13.0 Å². The third-order valence-electron chi connectivity index (χ3n) is 2.26. The number of hydrogen-bond acceptors (Lipinski definition) is 3. The molecule has 1 aromatic rings. The molecular formula is C12H14FNO4. The summed E-state index contributed by atoms with van der Waals surface area (Å²) in [5.74, 6) is -2.55. The molecule has 0 aliphatic carbocycles. The molecule has 0 heterocycles. The molecule has 0 saturated heterocycles. The van der Waals surface area contributed by atoms with E-state index in [-0.39, 0.29) is 30.2 Å². The zero-order valence-electron chi connectivity index (χ0n) is 10.1. The summed E-state index contributed by atoms with van der Waals surface area (Å²) in [7, 11) is 3.18. The Hall–Kier alpha value is -2.11. The number of carboxylic acids is 1. The van der Waals surface area contributed by atoms with Gasteiger partial charge in [-0.2, -0.15) is 0 Å². The first-order valence-corrected chi connectivity index (χ1v) is 5.28. The molecule has 1 amide bonds. The minimum absolute atomic E-state index is 0.0559. The van der Waals surface area contributed by atoms with E-state index >= 15 is 0 Å². The van der Waals surface area contributed by atoms with Crippen LogP contribution in [0.25, 0.3) is 0 Å². The van der Waals surface area contributed by atoms with Gasteiger partial charge < -0.3 is 14.7 Å². The highest BCUT2D eigenvalue weighted by Gasteiger charge is 2.16. The molecule has 98 valence electrons. The third kappa shape index (κ3) is 3.44. The van der Waals surface area contributed by atoms with Crippen molar-refractivity contribution in [3.8, 4) is 5.75 Å². The Labute approximate surface area is 104 Å². The van der Waals surface area contributed by atoms with E-state index in [9.17, 15) is 14.0 Å². The molecule has 6 heteroatoms. The topological polar surface area (TPSA) is 66.8 Å². The number of benzene rings is 1. The zero-order valence-corrected chi connectivity index (χ0v) is 10.1. The standard InChI is InChI=1S/C12H14FNO4/c1-14(2)10(15)6-7-18-11-8(12(16)17)4-3-5-9(11)13/h3-5H,6-7H2,1-2H3,(H,16,17). The number of carbonyl (C=O) groups is 2. The first-order chi connectivity index (χ1) is 8.43. The van der Waals surface area contributed by atoms with Crippen molar-refractivity contribution in [1.29, 1.82) is 0 Å². The summed E-state index contributed by atoms with van der Waals surface area (Å²) in [5, 5.41) is 8.87. The van der Waals surface area contributed by atoms with E-state index in [2.05, 4.69) is 0 Å². The van der Waals surface area contributed by atoms with Crippen LogP contribution >= 0.6 is 0 Å². The number of carbonyl (C=O) groups excluding carboxylic acids is 1. The van der Waals surface area contributed by atoms with Gasteiger partial charge in [0, 0.05) is 14.1 Å². The zero-order chi connectivity index (χ0) is 13.7. The average molecular weight is 255 g/mol. The van der Waals surface area contributed by atoms with Crippen LogP contribution < -0.4 is 4.74 Å². The molecule has 0 aliphatic rings. The second-order valence-electron chi connectivity index (χ2n) is 3.81. The predicted octanol–water partition coefficient (Wildman–Crippen LogP) is 1.38. The Kier molecular flexibility index (Phi) is 4.65. The quantitative estimate of drug-likeness (QED) is 0.863. The van der Waals surface area contributed by atoms with Crippen molar-refractivity contribution in [1.82, 2.24) is 4.90 Å². The molecule has 0 fully saturated rings. The molecular weight excluding hydrogens is 241 g/mol. The van der Waals surface area contributed by atoms with Crippen LogP contribution in [0.1, 0.15) is 16.8 Å². The van der Waals surface area contributed by atoms with Gasteiger partial charge in [-0.25, -0.2) is 9.18 Å². The van der Waals surface area contributed by atoms with Crippen LogP contribution in [0.15, 0.2) is 18.2 Å². The number of ether oxygens (including phenoxy) is 1. The summed E-state index contributed by atoms with van der Waals surface area (Å²) in [6.07, 6.45) is 0.0559. The van der Waals surface area contributed by atoms with Crippen molar-refractivity contribution in [2.75, 3.05) is 20.7 Å². The third-order valence-corrected chi connectivity index (χ3v) is 2.26. The van der Waals surface area contributed by atoms with Crippen molar-refractivity contribution < 1.29 is 23.8 Å². The Morgan fingerprint density at radius 1 is 1.39 bits per heavy atom. The molecule has 0 spiro atoms. The van der Waals surface area contributed by atoms with E-state index in [1.54, 1.807) is 14.1 Å². The van der Waals surface area contributed by atoms with Crippen LogP contribution in [0.3, 0.4) is 0 Å². The fourth-order valence-electron chi connectivity index (χ4n) is 1.29. The van der Waals surface area contributed by atoms with Gasteiger partial charge in [0.25, 0.3) is 0 Å². The van der Waals surface area contributed by atoms with Crippen LogP contribution in [-0.2, 0) is 4.79 Å². The molecule has 5 nitrogen and oxygen atoms in total. The number of carboxylic acid groups (broad SMARTS) is 1. The Morgan fingerprint density at radius 2 is 2.06 bits per heavy atom. The Bertz CT molecular complexity index is 459. The summed E-state index contributed by atoms with van der Waals surface area (Å²) in [5.41, 5.74) is -0.257. The van der Waals surface area contributed by atoms with Crippen LogP contribution in [-0.4, -0.2) is 42.6 Å². The van der Waals surface area contributed by atoms with Crippen molar-refractivity contribution in [2.24, 2.45) is 0 Å². The van der Waals surface area contributed by atoms with Crippen LogP contribution in [0.5, 0.6) is 5.75 Å². The Balaban J connectivity index is 2.73. The fraction of sp³-hybridized carbons (Fsp3) is 0.333. The second kappa shape index (κ2) is 6.00. The number of para-hydroxylation sites is 1. The first-order valence-electron chi connectivity index (χ1n) is 5.28. The highest BCUT2D eigenvalue weighted by Crippen LogP contribution is 2.22. The van der Waals surface area contributed by atoms with Crippen LogP contribution in [0, 0.1) is 5.82 Å². The normalized spacial score (nSPS) is 9.94. The number of nitrogens with zero attached hydrogens (tertiary/aromatic N) is 1. The monoisotopic (exact) mass is 255 g/mol. The lowest BCUT2D eigenvalue weighted by atomic mass is 10.2. The lowest BCUT2D eigenvalue weighted by molar-refractivity contribution is -0.129. The molecule has 0 aromatic heterocycles. The van der Waals surface area contributed by atoms with Gasteiger partial charge in [-0.3, -0.25) is 4.79 Å². The molecule has 18 heavy (non-hydrogen) atoms. The molecule has 0 aliphatic heterocycles. The minimum Gasteiger partial charge on any atom is -0.489 e. The molecule has 0 bridgehead atoms. The highest BCUT2D eigenvalue weighted by atomic mass is 19.1. The summed E-state index contributed by atoms with van der Waals surface area (Å²) >= 11 is 0. The average Bonchev–Trinajstić information content (AvgIpc) is 2.30. The van der Waals surface area contributed by atoms with Crippen LogP contribution in [0.4, 0.5) is 4.39 Å². The van der Waals surface area contributed by atoms with E-state index in [4.69, 9.17) is 9.84 Å². The summed E-state index contributed by atoms with van der Waals surface area (Å²) in [6, 6.07) is 3.64. The number of rotatable bonds is 5. The molecule has 0 saturated carbocycles. The van der Waals surface area contributed by atoms with Gasteiger partial charge >= 0.3 is 5.97 Å². The molecule has 1 N–H and O–H groups in total. The van der Waals surface area contributed by atoms with Gasteiger partial charge in [-0.15, -0.1) is 0 Å². The van der Waals surface area contributed by atoms with Gasteiger partial charge in [-0.05, 0) is 12.1 Å². The molecule has 1 aromatic carbocycles. The lowest BCUT2D eigenvalue weighted by Crippen LogP contribution is -2.23. The van der Waals surface area contributed by atoms with Gasteiger partial charge in [-0.1, -0.05) is 6.07 Å². The molecule has 0 radical (unpaired) electrons. The van der Waals surface area contributed by atoms with Gasteiger partial charge in [0.15, 0.2) is 11.6 Å².